The van der Waals surface area contributed by atoms with Gasteiger partial charge in [0.15, 0.2) is 5.56 Å². The molecule has 0 unspecified atom stereocenters. The van der Waals surface area contributed by atoms with Crippen LogP contribution in [0.3, 0.4) is 0 Å². The molecule has 9 heteroatoms. The molecule has 1 aromatic heterocycles. The van der Waals surface area contributed by atoms with Crippen LogP contribution < -0.4 is 16.2 Å². The van der Waals surface area contributed by atoms with Crippen molar-refractivity contribution in [2.24, 2.45) is 0 Å². The van der Waals surface area contributed by atoms with Crippen LogP contribution in [0.2, 0.25) is 0 Å². The molecule has 33 heavy (non-hydrogen) atoms. The van der Waals surface area contributed by atoms with E-state index in [0.29, 0.717) is 5.69 Å². The highest BCUT2D eigenvalue weighted by Gasteiger charge is 2.23. The predicted octanol–water partition coefficient (Wildman–Crippen LogP) is 2.85. The molecule has 3 aromatic rings. The molecule has 0 saturated heterocycles. The molecule has 0 fully saturated rings. The lowest BCUT2D eigenvalue weighted by Crippen LogP contribution is -2.37. The third kappa shape index (κ3) is 5.76. The molecule has 0 bridgehead atoms. The maximum atomic E-state index is 13.2. The number of aromatic hydroxyl groups is 1. The number of aliphatic carboxylic acids is 1. The van der Waals surface area contributed by atoms with Gasteiger partial charge in [-0.15, -0.1) is 0 Å². The molecule has 0 atom stereocenters. The van der Waals surface area contributed by atoms with Crippen LogP contribution in [0.1, 0.15) is 42.3 Å². The number of carbonyl (C=O) groups is 2. The lowest BCUT2D eigenvalue weighted by molar-refractivity contribution is -0.135. The smallest absolute Gasteiger partial charge is 0.322 e. The number of carbonyl (C=O) groups excluding carboxylic acids is 1. The summed E-state index contributed by atoms with van der Waals surface area (Å²) >= 11 is 0. The van der Waals surface area contributed by atoms with E-state index in [2.05, 4.69) is 36.4 Å². The Morgan fingerprint density at radius 2 is 1.67 bits per heavy atom. The van der Waals surface area contributed by atoms with Crippen LogP contribution in [0.15, 0.2) is 59.4 Å². The Morgan fingerprint density at radius 1 is 1.03 bits per heavy atom. The second kappa shape index (κ2) is 9.56. The molecule has 0 spiro atoms. The van der Waals surface area contributed by atoms with E-state index in [9.17, 15) is 19.5 Å². The van der Waals surface area contributed by atoms with Crippen LogP contribution in [0, 0.1) is 0 Å². The molecule has 0 aliphatic heterocycles. The number of nitrogens with one attached hydrogen (secondary N) is 2. The van der Waals surface area contributed by atoms with Crippen molar-refractivity contribution in [1.29, 1.82) is 0 Å². The molecule has 2 aromatic carbocycles. The molecule has 1 amide bonds. The van der Waals surface area contributed by atoms with Crippen LogP contribution in [-0.2, 0) is 16.8 Å². The first-order valence-electron chi connectivity index (χ1n) is 10.3. The van der Waals surface area contributed by atoms with Gasteiger partial charge < -0.3 is 20.8 Å². The van der Waals surface area contributed by atoms with Crippen LogP contribution in [0.5, 0.6) is 5.88 Å². The highest BCUT2D eigenvalue weighted by atomic mass is 16.4. The molecular weight excluding hydrogens is 424 g/mol. The van der Waals surface area contributed by atoms with E-state index in [0.717, 1.165) is 11.1 Å². The largest absolute Gasteiger partial charge is 0.492 e. The first-order valence-corrected chi connectivity index (χ1v) is 10.3. The number of aromatic nitrogens is 2. The van der Waals surface area contributed by atoms with Crippen molar-refractivity contribution in [2.45, 2.75) is 32.7 Å². The van der Waals surface area contributed by atoms with Gasteiger partial charge in [0.25, 0.3) is 11.5 Å². The third-order valence-corrected chi connectivity index (χ3v) is 4.97. The number of nitrogens with zero attached hydrogens (tertiary/aromatic N) is 2. The average Bonchev–Trinajstić information content (AvgIpc) is 2.75. The fourth-order valence-electron chi connectivity index (χ4n) is 3.17. The minimum Gasteiger partial charge on any atom is -0.492 e. The fourth-order valence-corrected chi connectivity index (χ4v) is 3.17. The van der Waals surface area contributed by atoms with Gasteiger partial charge in [0.05, 0.1) is 6.54 Å². The van der Waals surface area contributed by atoms with Gasteiger partial charge in [-0.2, -0.15) is 4.98 Å². The van der Waals surface area contributed by atoms with Crippen LogP contribution in [0.25, 0.3) is 0 Å². The summed E-state index contributed by atoms with van der Waals surface area (Å²) in [5, 5.41) is 24.2. The molecule has 0 radical (unpaired) electrons. The van der Waals surface area contributed by atoms with Crippen LogP contribution in [-0.4, -0.2) is 38.2 Å². The SMILES string of the molecule is CC(C)(C)c1ccc(Cn2c(Nc3ccccc3)nc(O)c(C(=O)NCC(=O)O)c2=O)cc1. The zero-order valence-corrected chi connectivity index (χ0v) is 18.6. The van der Waals surface area contributed by atoms with Gasteiger partial charge in [0.2, 0.25) is 11.8 Å². The van der Waals surface area contributed by atoms with Crippen molar-refractivity contribution >= 4 is 23.5 Å². The number of carboxylic acids is 1. The van der Waals surface area contributed by atoms with Gasteiger partial charge in [0.1, 0.15) is 6.54 Å². The lowest BCUT2D eigenvalue weighted by Gasteiger charge is -2.20. The van der Waals surface area contributed by atoms with E-state index in [-0.39, 0.29) is 17.9 Å². The Kier molecular flexibility index (Phi) is 6.81. The van der Waals surface area contributed by atoms with Gasteiger partial charge in [-0.25, -0.2) is 0 Å². The predicted molar refractivity (Wildman–Crippen MR) is 124 cm³/mol. The summed E-state index contributed by atoms with van der Waals surface area (Å²) in [7, 11) is 0. The molecule has 0 aliphatic rings. The standard InChI is InChI=1S/C24H26N4O5/c1-24(2,3)16-11-9-15(10-12-16)14-28-22(33)19(20(31)25-13-18(29)30)21(32)27-23(28)26-17-7-5-4-6-8-17/h4-12,32H,13-14H2,1-3H3,(H,25,31)(H,26,27)(H,29,30). The van der Waals surface area contributed by atoms with Crippen molar-refractivity contribution in [2.75, 3.05) is 11.9 Å². The Morgan fingerprint density at radius 3 is 2.24 bits per heavy atom. The van der Waals surface area contributed by atoms with E-state index in [1.807, 2.05) is 30.3 Å². The molecule has 0 saturated carbocycles. The van der Waals surface area contributed by atoms with Crippen molar-refractivity contribution < 1.29 is 19.8 Å². The van der Waals surface area contributed by atoms with E-state index >= 15 is 0 Å². The summed E-state index contributed by atoms with van der Waals surface area (Å²) in [6, 6.07) is 16.7. The van der Waals surface area contributed by atoms with E-state index < -0.39 is 35.4 Å². The van der Waals surface area contributed by atoms with Gasteiger partial charge >= 0.3 is 5.97 Å². The van der Waals surface area contributed by atoms with E-state index in [1.165, 1.54) is 4.57 Å². The van der Waals surface area contributed by atoms with Gasteiger partial charge in [-0.05, 0) is 28.7 Å². The van der Waals surface area contributed by atoms with Crippen LogP contribution in [0.4, 0.5) is 11.6 Å². The second-order valence-electron chi connectivity index (χ2n) is 8.54. The van der Waals surface area contributed by atoms with Crippen molar-refractivity contribution in [3.63, 3.8) is 0 Å². The summed E-state index contributed by atoms with van der Waals surface area (Å²) in [5.74, 6) is -3.05. The number of para-hydroxylation sites is 1. The Bertz CT molecular complexity index is 1210. The first-order chi connectivity index (χ1) is 15.6. The molecule has 3 rings (SSSR count). The van der Waals surface area contributed by atoms with E-state index in [4.69, 9.17) is 5.11 Å². The van der Waals surface area contributed by atoms with Gasteiger partial charge in [0, 0.05) is 5.69 Å². The molecule has 9 nitrogen and oxygen atoms in total. The quantitative estimate of drug-likeness (QED) is 0.435. The summed E-state index contributed by atoms with van der Waals surface area (Å²) < 4.78 is 1.23. The number of benzene rings is 2. The Labute approximate surface area is 190 Å². The molecule has 172 valence electrons. The summed E-state index contributed by atoms with van der Waals surface area (Å²) in [4.78, 5) is 40.5. The van der Waals surface area contributed by atoms with Crippen LogP contribution >= 0.6 is 0 Å². The number of hydrogen-bond donors (Lipinski definition) is 4. The second-order valence-corrected chi connectivity index (χ2v) is 8.54. The Hall–Kier alpha value is -4.14. The number of rotatable bonds is 7. The first kappa shape index (κ1) is 23.5. The fraction of sp³-hybridized carbons (Fsp3) is 0.250. The van der Waals surface area contributed by atoms with Crippen molar-refractivity contribution in [1.82, 2.24) is 14.9 Å². The zero-order valence-electron chi connectivity index (χ0n) is 18.6. The monoisotopic (exact) mass is 450 g/mol. The third-order valence-electron chi connectivity index (χ3n) is 4.97. The summed E-state index contributed by atoms with van der Waals surface area (Å²) in [6.07, 6.45) is 0. The van der Waals surface area contributed by atoms with Crippen molar-refractivity contribution in [3.8, 4) is 5.88 Å². The highest BCUT2D eigenvalue weighted by Crippen LogP contribution is 2.23. The highest BCUT2D eigenvalue weighted by molar-refractivity contribution is 5.97. The maximum Gasteiger partial charge on any atom is 0.322 e. The summed E-state index contributed by atoms with van der Waals surface area (Å²) in [5.41, 5.74) is 1.07. The van der Waals surface area contributed by atoms with Gasteiger partial charge in [-0.1, -0.05) is 63.2 Å². The number of hydrogen-bond acceptors (Lipinski definition) is 6. The lowest BCUT2D eigenvalue weighted by atomic mass is 9.87. The normalized spacial score (nSPS) is 11.1. The Balaban J connectivity index is 2.05. The molecule has 4 N–H and O–H groups in total. The average molecular weight is 450 g/mol. The van der Waals surface area contributed by atoms with Gasteiger partial charge in [-0.3, -0.25) is 19.0 Å². The summed E-state index contributed by atoms with van der Waals surface area (Å²) in [6.45, 7) is 5.67. The van der Waals surface area contributed by atoms with Crippen molar-refractivity contribution in [3.05, 3.63) is 81.6 Å². The molecule has 1 heterocycles. The zero-order chi connectivity index (χ0) is 24.2. The number of carboxylic acid groups (broad SMARTS) is 1. The number of amides is 1. The molecular formula is C24H26N4O5. The minimum absolute atomic E-state index is 0.0368. The number of anilines is 2. The maximum absolute atomic E-state index is 13.2. The topological polar surface area (TPSA) is 134 Å². The van der Waals surface area contributed by atoms with E-state index in [1.54, 1.807) is 24.3 Å². The molecule has 0 aliphatic carbocycles. The minimum atomic E-state index is -1.28.